The maximum absolute atomic E-state index is 5.97. The Hall–Kier alpha value is -1.09. The van der Waals surface area contributed by atoms with Crippen LogP contribution in [-0.4, -0.2) is 23.6 Å². The van der Waals surface area contributed by atoms with Crippen molar-refractivity contribution in [2.75, 3.05) is 11.4 Å². The van der Waals surface area contributed by atoms with Crippen LogP contribution in [-0.2, 0) is 6.42 Å². The molecule has 3 nitrogen and oxygen atoms in total. The van der Waals surface area contributed by atoms with Crippen LogP contribution >= 0.6 is 0 Å². The van der Waals surface area contributed by atoms with Crippen LogP contribution in [0.4, 0.5) is 5.82 Å². The van der Waals surface area contributed by atoms with E-state index in [2.05, 4.69) is 35.9 Å². The Morgan fingerprint density at radius 1 is 1.44 bits per heavy atom. The zero-order valence-corrected chi connectivity index (χ0v) is 11.6. The molecule has 18 heavy (non-hydrogen) atoms. The molecule has 3 heteroatoms. The molecule has 0 saturated carbocycles. The molecule has 1 aliphatic heterocycles. The van der Waals surface area contributed by atoms with Crippen molar-refractivity contribution in [3.05, 3.63) is 23.9 Å². The lowest BCUT2D eigenvalue weighted by Gasteiger charge is -2.24. The molecule has 1 aromatic rings. The van der Waals surface area contributed by atoms with Gasteiger partial charge < -0.3 is 10.6 Å². The van der Waals surface area contributed by atoms with Gasteiger partial charge in [0.05, 0.1) is 0 Å². The molecular formula is C15H25N3. The van der Waals surface area contributed by atoms with Crippen molar-refractivity contribution in [3.8, 4) is 0 Å². The molecule has 1 aromatic heterocycles. The van der Waals surface area contributed by atoms with Gasteiger partial charge >= 0.3 is 0 Å². The van der Waals surface area contributed by atoms with Gasteiger partial charge in [-0.15, -0.1) is 0 Å². The Bertz CT molecular complexity index is 361. The highest BCUT2D eigenvalue weighted by Crippen LogP contribution is 2.25. The minimum Gasteiger partial charge on any atom is -0.354 e. The molecule has 0 bridgehead atoms. The van der Waals surface area contributed by atoms with Crippen LogP contribution in [0.1, 0.15) is 45.1 Å². The largest absolute Gasteiger partial charge is 0.354 e. The van der Waals surface area contributed by atoms with Crippen molar-refractivity contribution in [2.24, 2.45) is 5.73 Å². The topological polar surface area (TPSA) is 42.1 Å². The van der Waals surface area contributed by atoms with Gasteiger partial charge in [-0.05, 0) is 43.7 Å². The first-order valence-electron chi connectivity index (χ1n) is 7.21. The van der Waals surface area contributed by atoms with Gasteiger partial charge in [0.15, 0.2) is 0 Å². The second-order valence-electron chi connectivity index (χ2n) is 5.29. The molecule has 2 N–H and O–H groups in total. The minimum absolute atomic E-state index is 0.257. The maximum Gasteiger partial charge on any atom is 0.128 e. The van der Waals surface area contributed by atoms with E-state index in [-0.39, 0.29) is 6.04 Å². The fraction of sp³-hybridized carbons (Fsp3) is 0.667. The summed E-state index contributed by atoms with van der Waals surface area (Å²) in [5, 5.41) is 0. The van der Waals surface area contributed by atoms with Gasteiger partial charge in [-0.1, -0.05) is 19.9 Å². The lowest BCUT2D eigenvalue weighted by molar-refractivity contribution is 0.636. The lowest BCUT2D eigenvalue weighted by atomic mass is 10.1. The predicted molar refractivity (Wildman–Crippen MR) is 76.9 cm³/mol. The number of hydrogen-bond acceptors (Lipinski definition) is 3. The third kappa shape index (κ3) is 3.02. The van der Waals surface area contributed by atoms with Gasteiger partial charge in [0, 0.05) is 24.8 Å². The molecule has 0 spiro atoms. The first kappa shape index (κ1) is 13.3. The molecule has 2 unspecified atom stereocenters. The Labute approximate surface area is 110 Å². The van der Waals surface area contributed by atoms with Crippen LogP contribution in [0.2, 0.25) is 0 Å². The zero-order chi connectivity index (χ0) is 13.0. The quantitative estimate of drug-likeness (QED) is 0.870. The van der Waals surface area contributed by atoms with Crippen LogP contribution in [0.3, 0.4) is 0 Å². The van der Waals surface area contributed by atoms with Gasteiger partial charge in [-0.3, -0.25) is 0 Å². The zero-order valence-electron chi connectivity index (χ0n) is 11.6. The fourth-order valence-electron chi connectivity index (χ4n) is 2.72. The van der Waals surface area contributed by atoms with Crippen molar-refractivity contribution >= 4 is 5.82 Å². The Balaban J connectivity index is 2.03. The summed E-state index contributed by atoms with van der Waals surface area (Å²) in [5.74, 6) is 1.13. The number of pyridine rings is 1. The van der Waals surface area contributed by atoms with Gasteiger partial charge in [0.1, 0.15) is 5.82 Å². The summed E-state index contributed by atoms with van der Waals surface area (Å²) < 4.78 is 0. The molecular weight excluding hydrogens is 222 g/mol. The van der Waals surface area contributed by atoms with Crippen molar-refractivity contribution < 1.29 is 0 Å². The van der Waals surface area contributed by atoms with E-state index < -0.39 is 0 Å². The van der Waals surface area contributed by atoms with Crippen LogP contribution < -0.4 is 10.6 Å². The molecule has 2 atom stereocenters. The summed E-state index contributed by atoms with van der Waals surface area (Å²) in [7, 11) is 0. The van der Waals surface area contributed by atoms with Gasteiger partial charge in [-0.25, -0.2) is 4.98 Å². The third-order valence-corrected chi connectivity index (χ3v) is 3.97. The predicted octanol–water partition coefficient (Wildman–Crippen LogP) is 2.74. The normalized spacial score (nSPS) is 21.3. The Morgan fingerprint density at radius 2 is 2.28 bits per heavy atom. The number of anilines is 1. The van der Waals surface area contributed by atoms with Gasteiger partial charge in [0.2, 0.25) is 0 Å². The van der Waals surface area contributed by atoms with Crippen LogP contribution in [0, 0.1) is 0 Å². The van der Waals surface area contributed by atoms with Crippen molar-refractivity contribution in [1.82, 2.24) is 4.98 Å². The molecule has 2 rings (SSSR count). The van der Waals surface area contributed by atoms with E-state index in [0.29, 0.717) is 6.04 Å². The van der Waals surface area contributed by atoms with Gasteiger partial charge in [-0.2, -0.15) is 0 Å². The summed E-state index contributed by atoms with van der Waals surface area (Å²) in [5.41, 5.74) is 7.22. The number of aromatic nitrogens is 1. The van der Waals surface area contributed by atoms with E-state index >= 15 is 0 Å². The van der Waals surface area contributed by atoms with Crippen molar-refractivity contribution in [1.29, 1.82) is 0 Å². The van der Waals surface area contributed by atoms with E-state index in [1.54, 1.807) is 0 Å². The summed E-state index contributed by atoms with van der Waals surface area (Å²) in [6.45, 7) is 5.54. The minimum atomic E-state index is 0.257. The maximum atomic E-state index is 5.97. The van der Waals surface area contributed by atoms with Crippen molar-refractivity contribution in [2.45, 2.75) is 58.0 Å². The summed E-state index contributed by atoms with van der Waals surface area (Å²) >= 11 is 0. The van der Waals surface area contributed by atoms with Crippen molar-refractivity contribution in [3.63, 3.8) is 0 Å². The van der Waals surface area contributed by atoms with E-state index in [1.165, 1.54) is 24.8 Å². The van der Waals surface area contributed by atoms with Crippen LogP contribution in [0.25, 0.3) is 0 Å². The SMILES string of the molecule is CCC(N)Cc1ccc(N2CCCC2CC)nc1. The molecule has 0 amide bonds. The Morgan fingerprint density at radius 3 is 2.89 bits per heavy atom. The molecule has 100 valence electrons. The highest BCUT2D eigenvalue weighted by Gasteiger charge is 2.23. The summed E-state index contributed by atoms with van der Waals surface area (Å²) in [6, 6.07) is 5.28. The highest BCUT2D eigenvalue weighted by molar-refractivity contribution is 5.41. The first-order valence-corrected chi connectivity index (χ1v) is 7.21. The van der Waals surface area contributed by atoms with Crippen LogP contribution in [0.5, 0.6) is 0 Å². The van der Waals surface area contributed by atoms with Gasteiger partial charge in [0.25, 0.3) is 0 Å². The second kappa shape index (κ2) is 6.19. The Kier molecular flexibility index (Phi) is 4.59. The molecule has 0 aliphatic carbocycles. The van der Waals surface area contributed by atoms with E-state index in [9.17, 15) is 0 Å². The molecule has 1 aliphatic rings. The summed E-state index contributed by atoms with van der Waals surface area (Å²) in [4.78, 5) is 7.06. The average molecular weight is 247 g/mol. The third-order valence-electron chi connectivity index (χ3n) is 3.97. The molecule has 2 heterocycles. The van der Waals surface area contributed by atoms with E-state index in [1.807, 2.05) is 6.20 Å². The average Bonchev–Trinajstić information content (AvgIpc) is 2.87. The monoisotopic (exact) mass is 247 g/mol. The standard InChI is InChI=1S/C15H25N3/c1-3-13(16)10-12-7-8-15(17-11-12)18-9-5-6-14(18)4-2/h7-8,11,13-14H,3-6,9-10,16H2,1-2H3. The number of hydrogen-bond donors (Lipinski definition) is 1. The molecule has 1 fully saturated rings. The fourth-order valence-corrected chi connectivity index (χ4v) is 2.72. The second-order valence-corrected chi connectivity index (χ2v) is 5.29. The summed E-state index contributed by atoms with van der Waals surface area (Å²) in [6.07, 6.45) is 7.76. The van der Waals surface area contributed by atoms with E-state index in [0.717, 1.165) is 25.2 Å². The van der Waals surface area contributed by atoms with Crippen LogP contribution in [0.15, 0.2) is 18.3 Å². The first-order chi connectivity index (χ1) is 8.74. The number of rotatable bonds is 5. The highest BCUT2D eigenvalue weighted by atomic mass is 15.2. The number of nitrogens with zero attached hydrogens (tertiary/aromatic N) is 2. The molecule has 0 radical (unpaired) electrons. The smallest absolute Gasteiger partial charge is 0.128 e. The lowest BCUT2D eigenvalue weighted by Crippen LogP contribution is -2.29. The molecule has 1 saturated heterocycles. The number of nitrogens with two attached hydrogens (primary N) is 1. The van der Waals surface area contributed by atoms with E-state index in [4.69, 9.17) is 5.73 Å². The molecule has 0 aromatic carbocycles.